The van der Waals surface area contributed by atoms with Crippen molar-refractivity contribution in [2.45, 2.75) is 35.6 Å². The first-order valence-electron chi connectivity index (χ1n) is 14.6. The van der Waals surface area contributed by atoms with E-state index in [1.165, 1.54) is 0 Å². The normalized spacial score (nSPS) is 13.8. The van der Waals surface area contributed by atoms with Gasteiger partial charge in [0.05, 0.1) is 37.6 Å². The molecule has 0 spiro atoms. The number of hydrogen-bond donors (Lipinski definition) is 4. The molecule has 2 atom stereocenters. The number of hydrogen-bond acceptors (Lipinski definition) is 11. The summed E-state index contributed by atoms with van der Waals surface area (Å²) in [7, 11) is 9.05. The van der Waals surface area contributed by atoms with E-state index in [0.717, 1.165) is 78.4 Å². The minimum Gasteiger partial charge on any atom is -0.381 e. The van der Waals surface area contributed by atoms with Gasteiger partial charge in [-0.15, -0.1) is 0 Å². The molecule has 4 N–H and O–H groups in total. The fourth-order valence-corrected chi connectivity index (χ4v) is 5.34. The first-order chi connectivity index (χ1) is 23.7. The van der Waals surface area contributed by atoms with Crippen molar-refractivity contribution in [2.75, 3.05) is 69.0 Å². The highest BCUT2D eigenvalue weighted by molar-refractivity contribution is 5.99. The molecule has 288 valence electrons. The topological polar surface area (TPSA) is 198 Å². The highest BCUT2D eigenvalue weighted by atomic mass is 19.4. The number of aryl methyl sites for hydroxylation is 2. The van der Waals surface area contributed by atoms with Crippen LogP contribution in [0, 0.1) is 0 Å². The van der Waals surface area contributed by atoms with Crippen LogP contribution in [-0.2, 0) is 59.7 Å². The number of aromatic nitrogens is 4. The van der Waals surface area contributed by atoms with E-state index in [1.54, 1.807) is 0 Å². The van der Waals surface area contributed by atoms with Crippen molar-refractivity contribution in [2.24, 2.45) is 14.1 Å². The molecule has 23 heteroatoms. The van der Waals surface area contributed by atoms with E-state index >= 15 is 0 Å². The molecular weight excluding hydrogens is 706 g/mol. The van der Waals surface area contributed by atoms with Crippen molar-refractivity contribution in [3.8, 4) is 0 Å². The van der Waals surface area contributed by atoms with Gasteiger partial charge >= 0.3 is 12.4 Å². The molecule has 17 nitrogen and oxygen atoms in total. The van der Waals surface area contributed by atoms with Gasteiger partial charge in [0, 0.05) is 69.0 Å². The number of nitrogens with zero attached hydrogens (tertiary/aromatic N) is 4. The highest BCUT2D eigenvalue weighted by Gasteiger charge is 2.56. The Bertz CT molecular complexity index is 1410. The number of alkyl halides is 6. The van der Waals surface area contributed by atoms with E-state index in [0.29, 0.717) is 0 Å². The summed E-state index contributed by atoms with van der Waals surface area (Å²) in [6.07, 6.45) is -8.65. The molecule has 0 saturated heterocycles. The summed E-state index contributed by atoms with van der Waals surface area (Å²) in [4.78, 5) is 54.0. The molecule has 51 heavy (non-hydrogen) atoms. The first kappa shape index (κ1) is 42.8. The third kappa shape index (κ3) is 9.93. The van der Waals surface area contributed by atoms with Gasteiger partial charge in [-0.1, -0.05) is 0 Å². The van der Waals surface area contributed by atoms with Crippen LogP contribution in [0.1, 0.15) is 32.1 Å². The number of methoxy groups -OCH3 is 4. The summed E-state index contributed by atoms with van der Waals surface area (Å²) in [6, 6.07) is -4.03. The molecule has 0 saturated carbocycles. The number of carbonyl (C=O) groups is 4. The summed E-state index contributed by atoms with van der Waals surface area (Å²) < 4.78 is 112. The predicted molar refractivity (Wildman–Crippen MR) is 161 cm³/mol. The minimum absolute atomic E-state index is 0.706. The summed E-state index contributed by atoms with van der Waals surface area (Å²) >= 11 is 0. The van der Waals surface area contributed by atoms with E-state index in [4.69, 9.17) is 23.7 Å². The Morgan fingerprint density at radius 2 is 0.941 bits per heavy atom. The molecule has 0 aliphatic rings. The molecule has 0 radical (unpaired) electrons. The Morgan fingerprint density at radius 3 is 1.18 bits per heavy atom. The monoisotopic (exact) mass is 746 g/mol. The standard InChI is InChI=1S/C28H40F6N8O9/c1-35-23(45)19(37-21(43)15-9-41(3)39-17(15)27(29,30)31)25(11-47-5,12-48-6)51-26(13-49-7,14-50-8)20(24(46)36-2)38-22(44)16-10-42(4)40-18(16)28(32,33)34/h9-10,19-20H,11-14H2,1-8H3,(H,35,45)(H,36,46)(H,37,43)(H,38,44). The number of nitrogens with one attached hydrogen (secondary N) is 4. The largest absolute Gasteiger partial charge is 0.435 e. The van der Waals surface area contributed by atoms with Crippen LogP contribution in [0.3, 0.4) is 0 Å². The van der Waals surface area contributed by atoms with Gasteiger partial charge in [0.2, 0.25) is 11.8 Å². The fraction of sp³-hybridized carbons (Fsp3) is 0.643. The van der Waals surface area contributed by atoms with Crippen LogP contribution in [-0.4, -0.2) is 135 Å². The second-order valence-corrected chi connectivity index (χ2v) is 11.1. The minimum atomic E-state index is -5.09. The van der Waals surface area contributed by atoms with Crippen LogP contribution >= 0.6 is 0 Å². The number of likely N-dealkylation sites (N-methyl/N-ethyl adjacent to an activating group) is 2. The number of ether oxygens (including phenoxy) is 5. The van der Waals surface area contributed by atoms with Gasteiger partial charge in [0.25, 0.3) is 11.8 Å². The molecule has 0 fully saturated rings. The molecule has 2 rings (SSSR count). The van der Waals surface area contributed by atoms with E-state index in [9.17, 15) is 45.5 Å². The zero-order valence-electron chi connectivity index (χ0n) is 28.9. The van der Waals surface area contributed by atoms with Crippen LogP contribution in [0.2, 0.25) is 0 Å². The summed E-state index contributed by atoms with van der Waals surface area (Å²) in [5.74, 6) is -5.02. The van der Waals surface area contributed by atoms with Gasteiger partial charge in [-0.3, -0.25) is 28.5 Å². The Labute approximate surface area is 287 Å². The Balaban J connectivity index is 2.86. The maximum Gasteiger partial charge on any atom is 0.435 e. The van der Waals surface area contributed by atoms with E-state index < -0.39 is 108 Å². The quantitative estimate of drug-likeness (QED) is 0.146. The van der Waals surface area contributed by atoms with Crippen molar-refractivity contribution in [1.29, 1.82) is 0 Å². The third-order valence-electron chi connectivity index (χ3n) is 7.27. The SMILES string of the molecule is CNC(=O)C(NC(=O)c1cn(C)nc1C(F)(F)F)C(COC)(COC)OC(COC)(COC)C(NC(=O)c1cn(C)nc1C(F)(F)F)C(=O)NC. The number of amides is 4. The van der Waals surface area contributed by atoms with E-state index in [2.05, 4.69) is 31.5 Å². The average Bonchev–Trinajstić information content (AvgIpc) is 3.65. The van der Waals surface area contributed by atoms with E-state index in [1.807, 2.05) is 0 Å². The summed E-state index contributed by atoms with van der Waals surface area (Å²) in [6.45, 7) is -2.82. The van der Waals surface area contributed by atoms with Gasteiger partial charge in [-0.2, -0.15) is 36.5 Å². The second kappa shape index (κ2) is 17.3. The number of rotatable bonds is 18. The lowest BCUT2D eigenvalue weighted by molar-refractivity contribution is -0.243. The molecule has 0 aromatic carbocycles. The summed E-state index contributed by atoms with van der Waals surface area (Å²) in [5, 5.41) is 15.6. The molecule has 2 aromatic heterocycles. The maximum atomic E-state index is 13.8. The molecule has 2 aromatic rings. The summed E-state index contributed by atoms with van der Waals surface area (Å²) in [5.41, 5.74) is -9.75. The fourth-order valence-electron chi connectivity index (χ4n) is 5.34. The Hall–Kier alpha value is -4.32. The molecular formula is C28H40F6N8O9. The molecule has 0 aliphatic carbocycles. The Kier molecular flexibility index (Phi) is 14.5. The lowest BCUT2D eigenvalue weighted by Crippen LogP contribution is -2.73. The van der Waals surface area contributed by atoms with Gasteiger partial charge in [0.1, 0.15) is 23.3 Å². The van der Waals surface area contributed by atoms with E-state index in [-0.39, 0.29) is 0 Å². The van der Waals surface area contributed by atoms with Gasteiger partial charge in [-0.05, 0) is 0 Å². The predicted octanol–water partition coefficient (Wildman–Crippen LogP) is -0.340. The van der Waals surface area contributed by atoms with Crippen molar-refractivity contribution in [3.05, 3.63) is 34.9 Å². The molecule has 2 unspecified atom stereocenters. The van der Waals surface area contributed by atoms with Gasteiger partial charge in [0.15, 0.2) is 11.4 Å². The molecule has 4 amide bonds. The van der Waals surface area contributed by atoms with Crippen LogP contribution < -0.4 is 21.3 Å². The van der Waals surface area contributed by atoms with Crippen LogP contribution in [0.15, 0.2) is 12.4 Å². The van der Waals surface area contributed by atoms with Crippen molar-refractivity contribution in [3.63, 3.8) is 0 Å². The molecule has 0 bridgehead atoms. The van der Waals surface area contributed by atoms with Crippen molar-refractivity contribution < 1.29 is 69.2 Å². The van der Waals surface area contributed by atoms with Gasteiger partial charge < -0.3 is 45.0 Å². The van der Waals surface area contributed by atoms with Crippen molar-refractivity contribution in [1.82, 2.24) is 40.8 Å². The van der Waals surface area contributed by atoms with Crippen LogP contribution in [0.4, 0.5) is 26.3 Å². The molecule has 2 heterocycles. The Morgan fingerprint density at radius 1 is 0.647 bits per heavy atom. The van der Waals surface area contributed by atoms with Crippen LogP contribution in [0.25, 0.3) is 0 Å². The smallest absolute Gasteiger partial charge is 0.381 e. The third-order valence-corrected chi connectivity index (χ3v) is 7.27. The molecule has 0 aliphatic heterocycles. The maximum absolute atomic E-state index is 13.8. The lowest BCUT2D eigenvalue weighted by atomic mass is 9.88. The van der Waals surface area contributed by atoms with Crippen LogP contribution in [0.5, 0.6) is 0 Å². The highest BCUT2D eigenvalue weighted by Crippen LogP contribution is 2.34. The average molecular weight is 747 g/mol. The van der Waals surface area contributed by atoms with Gasteiger partial charge in [-0.25, -0.2) is 0 Å². The first-order valence-corrected chi connectivity index (χ1v) is 14.6. The zero-order valence-corrected chi connectivity index (χ0v) is 28.9. The lowest BCUT2D eigenvalue weighted by Gasteiger charge is -2.48. The second-order valence-electron chi connectivity index (χ2n) is 11.1. The van der Waals surface area contributed by atoms with Crippen molar-refractivity contribution >= 4 is 23.6 Å². The number of halogens is 6. The zero-order chi connectivity index (χ0) is 38.9. The number of carbonyl (C=O) groups excluding carboxylic acids is 4.